The zero-order valence-electron chi connectivity index (χ0n) is 15.1. The monoisotopic (exact) mass is 388 g/mol. The van der Waals surface area contributed by atoms with Crippen molar-refractivity contribution in [3.05, 3.63) is 40.3 Å². The Morgan fingerprint density at radius 3 is 2.67 bits per heavy atom. The second-order valence-corrected chi connectivity index (χ2v) is 7.02. The van der Waals surface area contributed by atoms with Gasteiger partial charge in [0.15, 0.2) is 6.61 Å². The number of hydrogen-bond acceptors (Lipinski definition) is 6. The summed E-state index contributed by atoms with van der Waals surface area (Å²) in [7, 11) is 1.64. The van der Waals surface area contributed by atoms with Crippen LogP contribution in [0.2, 0.25) is 0 Å². The number of rotatable bonds is 5. The molecule has 27 heavy (non-hydrogen) atoms. The fourth-order valence-corrected chi connectivity index (χ4v) is 4.07. The fourth-order valence-electron chi connectivity index (χ4n) is 2.91. The van der Waals surface area contributed by atoms with Crippen LogP contribution in [0.5, 0.6) is 5.75 Å². The van der Waals surface area contributed by atoms with Crippen LogP contribution in [-0.4, -0.2) is 38.2 Å². The number of methoxy groups -OCH3 is 1. The molecule has 3 amide bonds. The van der Waals surface area contributed by atoms with E-state index in [1.165, 1.54) is 16.9 Å². The number of aryl methyl sites for hydroxylation is 2. The predicted molar refractivity (Wildman–Crippen MR) is 101 cm³/mol. The van der Waals surface area contributed by atoms with Crippen molar-refractivity contribution in [2.75, 3.05) is 20.3 Å². The average Bonchev–Trinajstić information content (AvgIpc) is 3.10. The van der Waals surface area contributed by atoms with Crippen LogP contribution in [0, 0.1) is 0 Å². The number of esters is 1. The highest BCUT2D eigenvalue weighted by atomic mass is 32.1. The summed E-state index contributed by atoms with van der Waals surface area (Å²) in [6.45, 7) is 1.62. The number of amides is 3. The third-order valence-electron chi connectivity index (χ3n) is 4.16. The van der Waals surface area contributed by atoms with E-state index < -0.39 is 24.5 Å². The van der Waals surface area contributed by atoms with E-state index in [-0.39, 0.29) is 0 Å². The Balaban J connectivity index is 1.67. The van der Waals surface area contributed by atoms with Gasteiger partial charge in [0.2, 0.25) is 0 Å². The molecule has 0 unspecified atom stereocenters. The van der Waals surface area contributed by atoms with E-state index in [9.17, 15) is 14.4 Å². The van der Waals surface area contributed by atoms with Gasteiger partial charge in [-0.25, -0.2) is 9.59 Å². The molecule has 1 aromatic carbocycles. The molecule has 1 heterocycles. The number of fused-ring (bicyclic) bond motifs is 3. The van der Waals surface area contributed by atoms with E-state index >= 15 is 0 Å². The third kappa shape index (κ3) is 4.28. The molecule has 0 atom stereocenters. The number of ether oxygens (including phenoxy) is 2. The van der Waals surface area contributed by atoms with E-state index in [1.807, 2.05) is 24.3 Å². The summed E-state index contributed by atoms with van der Waals surface area (Å²) < 4.78 is 10.3. The van der Waals surface area contributed by atoms with Crippen molar-refractivity contribution >= 4 is 29.2 Å². The van der Waals surface area contributed by atoms with Crippen LogP contribution in [0.4, 0.5) is 4.79 Å². The van der Waals surface area contributed by atoms with Gasteiger partial charge in [0.05, 0.1) is 7.11 Å². The van der Waals surface area contributed by atoms with Crippen molar-refractivity contribution in [2.24, 2.45) is 0 Å². The standard InChI is InChI=1S/C19H20N2O5S/c1-3-20-19(24)21-16(22)10-26-18(23)15-9-12-5-4-11-8-13(25-2)6-7-14(11)17(12)27-15/h6-9H,3-5,10H2,1-2H3,(H2,20,21,22,24). The summed E-state index contributed by atoms with van der Waals surface area (Å²) in [6.07, 6.45) is 1.71. The van der Waals surface area contributed by atoms with Crippen molar-refractivity contribution in [3.8, 4) is 16.2 Å². The Bertz CT molecular complexity index is 890. The van der Waals surface area contributed by atoms with Gasteiger partial charge in [0, 0.05) is 11.4 Å². The lowest BCUT2D eigenvalue weighted by molar-refractivity contribution is -0.123. The summed E-state index contributed by atoms with van der Waals surface area (Å²) in [4.78, 5) is 36.7. The number of hydrogen-bond donors (Lipinski definition) is 2. The summed E-state index contributed by atoms with van der Waals surface area (Å²) in [5, 5.41) is 4.51. The Hall–Kier alpha value is -2.87. The molecule has 1 aromatic heterocycles. The lowest BCUT2D eigenvalue weighted by Crippen LogP contribution is -2.41. The summed E-state index contributed by atoms with van der Waals surface area (Å²) in [5.41, 5.74) is 3.37. The Labute approximate surface area is 160 Å². The van der Waals surface area contributed by atoms with Gasteiger partial charge in [-0.1, -0.05) is 0 Å². The molecule has 0 spiro atoms. The van der Waals surface area contributed by atoms with Crippen molar-refractivity contribution < 1.29 is 23.9 Å². The number of carbonyl (C=O) groups excluding carboxylic acids is 3. The van der Waals surface area contributed by atoms with Crippen molar-refractivity contribution in [1.82, 2.24) is 10.6 Å². The molecule has 2 N–H and O–H groups in total. The fraction of sp³-hybridized carbons (Fsp3) is 0.316. The molecule has 0 radical (unpaired) electrons. The first-order valence-corrected chi connectivity index (χ1v) is 9.38. The van der Waals surface area contributed by atoms with E-state index in [0.717, 1.165) is 34.6 Å². The van der Waals surface area contributed by atoms with Gasteiger partial charge in [-0.05, 0) is 60.7 Å². The lowest BCUT2D eigenvalue weighted by Gasteiger charge is -2.16. The van der Waals surface area contributed by atoms with E-state index in [2.05, 4.69) is 10.6 Å². The molecule has 0 saturated carbocycles. The molecule has 1 aliphatic rings. The quantitative estimate of drug-likeness (QED) is 0.768. The third-order valence-corrected chi connectivity index (χ3v) is 5.35. The van der Waals surface area contributed by atoms with Crippen LogP contribution in [-0.2, 0) is 22.4 Å². The minimum Gasteiger partial charge on any atom is -0.497 e. The largest absolute Gasteiger partial charge is 0.497 e. The predicted octanol–water partition coefficient (Wildman–Crippen LogP) is 2.52. The molecule has 142 valence electrons. The second-order valence-electron chi connectivity index (χ2n) is 5.97. The van der Waals surface area contributed by atoms with Crippen LogP contribution in [0.3, 0.4) is 0 Å². The van der Waals surface area contributed by atoms with Crippen molar-refractivity contribution in [3.63, 3.8) is 0 Å². The number of benzene rings is 1. The van der Waals surface area contributed by atoms with E-state index in [4.69, 9.17) is 9.47 Å². The minimum absolute atomic E-state index is 0.396. The molecule has 0 fully saturated rings. The maximum Gasteiger partial charge on any atom is 0.348 e. The molecule has 7 nitrogen and oxygen atoms in total. The van der Waals surface area contributed by atoms with Crippen LogP contribution in [0.1, 0.15) is 27.7 Å². The van der Waals surface area contributed by atoms with Crippen LogP contribution >= 0.6 is 11.3 Å². The van der Waals surface area contributed by atoms with Gasteiger partial charge in [-0.15, -0.1) is 11.3 Å². The highest BCUT2D eigenvalue weighted by Crippen LogP contribution is 2.40. The molecular weight excluding hydrogens is 368 g/mol. The lowest BCUT2D eigenvalue weighted by atomic mass is 9.91. The van der Waals surface area contributed by atoms with Gasteiger partial charge in [-0.3, -0.25) is 10.1 Å². The summed E-state index contributed by atoms with van der Waals surface area (Å²) in [6, 6.07) is 7.12. The molecule has 1 aliphatic carbocycles. The second kappa shape index (κ2) is 8.22. The smallest absolute Gasteiger partial charge is 0.348 e. The molecule has 3 rings (SSSR count). The first-order valence-electron chi connectivity index (χ1n) is 8.56. The number of carbonyl (C=O) groups is 3. The van der Waals surface area contributed by atoms with Crippen molar-refractivity contribution in [2.45, 2.75) is 19.8 Å². The molecule has 2 aromatic rings. The maximum absolute atomic E-state index is 12.3. The van der Waals surface area contributed by atoms with Crippen LogP contribution in [0.15, 0.2) is 24.3 Å². The zero-order chi connectivity index (χ0) is 19.4. The summed E-state index contributed by atoms with van der Waals surface area (Å²) >= 11 is 1.35. The Kier molecular flexibility index (Phi) is 5.75. The molecule has 0 aliphatic heterocycles. The normalized spacial score (nSPS) is 11.8. The average molecular weight is 388 g/mol. The van der Waals surface area contributed by atoms with Gasteiger partial charge in [-0.2, -0.15) is 0 Å². The van der Waals surface area contributed by atoms with Gasteiger partial charge < -0.3 is 14.8 Å². The van der Waals surface area contributed by atoms with Gasteiger partial charge in [0.1, 0.15) is 10.6 Å². The number of urea groups is 1. The maximum atomic E-state index is 12.3. The SMILES string of the molecule is CCNC(=O)NC(=O)COC(=O)c1cc2c(s1)-c1ccc(OC)cc1CC2. The van der Waals surface area contributed by atoms with Crippen LogP contribution < -0.4 is 15.4 Å². The molecule has 8 heteroatoms. The molecular formula is C19H20N2O5S. The first kappa shape index (κ1) is 18.9. The highest BCUT2D eigenvalue weighted by Gasteiger charge is 2.23. The van der Waals surface area contributed by atoms with Gasteiger partial charge >= 0.3 is 12.0 Å². The number of nitrogens with one attached hydrogen (secondary N) is 2. The van der Waals surface area contributed by atoms with Crippen LogP contribution in [0.25, 0.3) is 10.4 Å². The number of imide groups is 1. The zero-order valence-corrected chi connectivity index (χ0v) is 15.9. The van der Waals surface area contributed by atoms with Crippen molar-refractivity contribution in [1.29, 1.82) is 0 Å². The summed E-state index contributed by atoms with van der Waals surface area (Å²) in [5.74, 6) is -0.435. The Morgan fingerprint density at radius 1 is 1.15 bits per heavy atom. The Morgan fingerprint density at radius 2 is 1.93 bits per heavy atom. The first-order chi connectivity index (χ1) is 13.0. The van der Waals surface area contributed by atoms with E-state index in [1.54, 1.807) is 14.0 Å². The topological polar surface area (TPSA) is 93.7 Å². The number of thiophene rings is 1. The molecule has 0 bridgehead atoms. The minimum atomic E-state index is -0.673. The van der Waals surface area contributed by atoms with Gasteiger partial charge in [0.25, 0.3) is 5.91 Å². The highest BCUT2D eigenvalue weighted by molar-refractivity contribution is 7.17. The molecule has 0 saturated heterocycles. The van der Waals surface area contributed by atoms with E-state index in [0.29, 0.717) is 11.4 Å².